The highest BCUT2D eigenvalue weighted by molar-refractivity contribution is 5.99. The lowest BCUT2D eigenvalue weighted by Crippen LogP contribution is -2.04. The molecule has 0 unspecified atom stereocenters. The summed E-state index contributed by atoms with van der Waals surface area (Å²) in [6, 6.07) is 8.30. The number of hydrogen-bond acceptors (Lipinski definition) is 3. The van der Waals surface area contributed by atoms with Crippen molar-refractivity contribution in [2.45, 2.75) is 53.9 Å². The Morgan fingerprint density at radius 3 is 2.15 bits per heavy atom. The number of halogens is 2. The Hall–Kier alpha value is -2.56. The maximum absolute atomic E-state index is 12.6. The summed E-state index contributed by atoms with van der Waals surface area (Å²) in [5.41, 5.74) is 1.87. The number of Topliss-reactive ketones (excluding diaryl/α,β-unsaturated/α-hetero) is 2. The highest BCUT2D eigenvalue weighted by atomic mass is 19.1. The molecular weight excluding hydrogens is 350 g/mol. The van der Waals surface area contributed by atoms with Gasteiger partial charge in [-0.3, -0.25) is 4.79 Å². The molecule has 0 aliphatic heterocycles. The number of carbonyl (C=O) groups excluding carboxylic acids is 2. The number of aromatic hydroxyl groups is 1. The van der Waals surface area contributed by atoms with Crippen LogP contribution in [0.5, 0.6) is 5.75 Å². The van der Waals surface area contributed by atoms with Crippen LogP contribution in [-0.4, -0.2) is 16.7 Å². The van der Waals surface area contributed by atoms with Gasteiger partial charge in [-0.05, 0) is 49.6 Å². The van der Waals surface area contributed by atoms with E-state index in [1.165, 1.54) is 31.2 Å². The number of hydrogen-bond donors (Lipinski definition) is 1. The standard InChI is InChI=1S/C12H14O3.C8H8F2.C2H6/c1-8-3-5-10(14)7-11(8)12(15)6-4-9(2)13;1-2-6-3-4-7(9)5-8(6)10;1-2/h3,5,7,14H,4,6H2,1-2H3;3-5H,2H2,1H3;1-2H3. The van der Waals surface area contributed by atoms with Gasteiger partial charge in [-0.1, -0.05) is 32.9 Å². The fourth-order valence-electron chi connectivity index (χ4n) is 2.14. The van der Waals surface area contributed by atoms with Crippen molar-refractivity contribution in [1.29, 1.82) is 0 Å². The predicted octanol–water partition coefficient (Wildman–Crippen LogP) is 5.81. The molecule has 0 spiro atoms. The zero-order valence-electron chi connectivity index (χ0n) is 16.6. The Bertz CT molecular complexity index is 755. The molecule has 0 amide bonds. The average molecular weight is 378 g/mol. The molecule has 2 aromatic rings. The molecule has 0 aromatic heterocycles. The maximum Gasteiger partial charge on any atom is 0.163 e. The second kappa shape index (κ2) is 12.7. The van der Waals surface area contributed by atoms with Gasteiger partial charge in [0.15, 0.2) is 5.78 Å². The third-order valence-electron chi connectivity index (χ3n) is 3.62. The highest BCUT2D eigenvalue weighted by Crippen LogP contribution is 2.18. The van der Waals surface area contributed by atoms with E-state index in [-0.39, 0.29) is 30.2 Å². The number of aryl methyl sites for hydroxylation is 2. The van der Waals surface area contributed by atoms with E-state index in [0.717, 1.165) is 11.6 Å². The van der Waals surface area contributed by atoms with E-state index in [1.54, 1.807) is 13.0 Å². The molecule has 1 N–H and O–H groups in total. The lowest BCUT2D eigenvalue weighted by molar-refractivity contribution is -0.116. The highest BCUT2D eigenvalue weighted by Gasteiger charge is 2.10. The van der Waals surface area contributed by atoms with Gasteiger partial charge < -0.3 is 9.90 Å². The SMILES string of the molecule is CC.CC(=O)CCC(=O)c1cc(O)ccc1C.CCc1ccc(F)cc1F. The topological polar surface area (TPSA) is 54.4 Å². The Morgan fingerprint density at radius 2 is 1.63 bits per heavy atom. The monoisotopic (exact) mass is 378 g/mol. The van der Waals surface area contributed by atoms with Gasteiger partial charge in [-0.25, -0.2) is 8.78 Å². The van der Waals surface area contributed by atoms with Gasteiger partial charge in [0.05, 0.1) is 0 Å². The van der Waals surface area contributed by atoms with Crippen LogP contribution < -0.4 is 0 Å². The van der Waals surface area contributed by atoms with Gasteiger partial charge in [0, 0.05) is 24.5 Å². The molecule has 5 heteroatoms. The number of phenols is 1. The van der Waals surface area contributed by atoms with Crippen molar-refractivity contribution >= 4 is 11.6 Å². The summed E-state index contributed by atoms with van der Waals surface area (Å²) >= 11 is 0. The van der Waals surface area contributed by atoms with Crippen LogP contribution in [0.4, 0.5) is 8.78 Å². The van der Waals surface area contributed by atoms with Crippen LogP contribution in [0.15, 0.2) is 36.4 Å². The van der Waals surface area contributed by atoms with E-state index in [4.69, 9.17) is 0 Å². The van der Waals surface area contributed by atoms with E-state index in [1.807, 2.05) is 20.8 Å². The zero-order chi connectivity index (χ0) is 21.0. The Morgan fingerprint density at radius 1 is 1.00 bits per heavy atom. The third kappa shape index (κ3) is 9.08. The zero-order valence-corrected chi connectivity index (χ0v) is 16.6. The summed E-state index contributed by atoms with van der Waals surface area (Å²) < 4.78 is 24.9. The van der Waals surface area contributed by atoms with Crippen molar-refractivity contribution in [3.63, 3.8) is 0 Å². The molecule has 0 saturated heterocycles. The van der Waals surface area contributed by atoms with Crippen LogP contribution in [0.3, 0.4) is 0 Å². The molecule has 0 aliphatic rings. The van der Waals surface area contributed by atoms with Crippen LogP contribution in [-0.2, 0) is 11.2 Å². The van der Waals surface area contributed by atoms with Crippen LogP contribution in [0.25, 0.3) is 0 Å². The van der Waals surface area contributed by atoms with Crippen molar-refractivity contribution in [3.05, 3.63) is 64.7 Å². The average Bonchev–Trinajstić information content (AvgIpc) is 2.64. The summed E-state index contributed by atoms with van der Waals surface area (Å²) in [5, 5.41) is 9.24. The summed E-state index contributed by atoms with van der Waals surface area (Å²) in [6.45, 7) is 9.10. The second-order valence-corrected chi connectivity index (χ2v) is 5.71. The van der Waals surface area contributed by atoms with Crippen molar-refractivity contribution in [2.75, 3.05) is 0 Å². The Balaban J connectivity index is 0.000000488. The largest absolute Gasteiger partial charge is 0.508 e. The van der Waals surface area contributed by atoms with Gasteiger partial charge >= 0.3 is 0 Å². The number of ketones is 2. The third-order valence-corrected chi connectivity index (χ3v) is 3.62. The molecule has 27 heavy (non-hydrogen) atoms. The van der Waals surface area contributed by atoms with E-state index in [2.05, 4.69) is 0 Å². The van der Waals surface area contributed by atoms with E-state index in [0.29, 0.717) is 17.5 Å². The molecule has 0 atom stereocenters. The molecule has 3 nitrogen and oxygen atoms in total. The summed E-state index contributed by atoms with van der Waals surface area (Å²) in [6.07, 6.45) is 1.07. The molecule has 2 rings (SSSR count). The first-order valence-electron chi connectivity index (χ1n) is 9.00. The Kier molecular flexibility index (Phi) is 11.5. The van der Waals surface area contributed by atoms with Gasteiger partial charge in [0.2, 0.25) is 0 Å². The minimum Gasteiger partial charge on any atom is -0.508 e. The normalized spacial score (nSPS) is 9.44. The number of phenolic OH excluding ortho intramolecular Hbond substituents is 1. The Labute approximate surface area is 160 Å². The summed E-state index contributed by atoms with van der Waals surface area (Å²) in [5.74, 6) is -0.997. The minimum atomic E-state index is -0.519. The quantitative estimate of drug-likeness (QED) is 0.668. The maximum atomic E-state index is 12.6. The van der Waals surface area contributed by atoms with Crippen LogP contribution in [0, 0.1) is 18.6 Å². The van der Waals surface area contributed by atoms with Gasteiger partial charge in [0.25, 0.3) is 0 Å². The molecule has 0 radical (unpaired) electrons. The molecule has 0 aliphatic carbocycles. The van der Waals surface area contributed by atoms with Gasteiger partial charge in [0.1, 0.15) is 23.2 Å². The lowest BCUT2D eigenvalue weighted by atomic mass is 10.0. The van der Waals surface area contributed by atoms with Crippen LogP contribution in [0.2, 0.25) is 0 Å². The van der Waals surface area contributed by atoms with E-state index >= 15 is 0 Å². The van der Waals surface area contributed by atoms with Gasteiger partial charge in [-0.15, -0.1) is 0 Å². The van der Waals surface area contributed by atoms with Gasteiger partial charge in [-0.2, -0.15) is 0 Å². The van der Waals surface area contributed by atoms with Crippen molar-refractivity contribution in [3.8, 4) is 5.75 Å². The molecule has 148 valence electrons. The fraction of sp³-hybridized carbons (Fsp3) is 0.364. The number of carbonyl (C=O) groups is 2. The number of rotatable bonds is 5. The predicted molar refractivity (Wildman–Crippen MR) is 104 cm³/mol. The van der Waals surface area contributed by atoms with Crippen molar-refractivity contribution in [1.82, 2.24) is 0 Å². The first-order chi connectivity index (χ1) is 12.7. The fourth-order valence-corrected chi connectivity index (χ4v) is 2.14. The molecular formula is C22H28F2O3. The van der Waals surface area contributed by atoms with Crippen molar-refractivity contribution in [2.24, 2.45) is 0 Å². The first kappa shape index (κ1) is 24.4. The lowest BCUT2D eigenvalue weighted by Gasteiger charge is -2.04. The summed E-state index contributed by atoms with van der Waals surface area (Å²) in [4.78, 5) is 22.4. The van der Waals surface area contributed by atoms with Crippen LogP contribution in [0.1, 0.15) is 62.0 Å². The molecule has 0 bridgehead atoms. The minimum absolute atomic E-state index is 0.00107. The second-order valence-electron chi connectivity index (χ2n) is 5.71. The molecule has 0 saturated carbocycles. The molecule has 0 heterocycles. The van der Waals surface area contributed by atoms with Crippen molar-refractivity contribution < 1.29 is 23.5 Å². The van der Waals surface area contributed by atoms with E-state index in [9.17, 15) is 23.5 Å². The first-order valence-corrected chi connectivity index (χ1v) is 9.00. The van der Waals surface area contributed by atoms with Crippen LogP contribution >= 0.6 is 0 Å². The number of benzene rings is 2. The van der Waals surface area contributed by atoms with E-state index < -0.39 is 11.6 Å². The summed E-state index contributed by atoms with van der Waals surface area (Å²) in [7, 11) is 0. The smallest absolute Gasteiger partial charge is 0.163 e. The molecule has 0 fully saturated rings. The molecule has 2 aromatic carbocycles.